The second kappa shape index (κ2) is 5.64. The van der Waals surface area contributed by atoms with E-state index >= 15 is 0 Å². The lowest BCUT2D eigenvalue weighted by Crippen LogP contribution is -2.07. The minimum Gasteiger partial charge on any atom is -0.377 e. The molecule has 1 heterocycles. The summed E-state index contributed by atoms with van der Waals surface area (Å²) in [5, 5.41) is 13.6. The van der Waals surface area contributed by atoms with Gasteiger partial charge in [-0.1, -0.05) is 30.3 Å². The molecule has 1 atom stereocenters. The van der Waals surface area contributed by atoms with Gasteiger partial charge in [-0.25, -0.2) is 0 Å². The third-order valence-corrected chi connectivity index (χ3v) is 3.52. The van der Waals surface area contributed by atoms with Crippen molar-refractivity contribution in [1.29, 1.82) is 5.26 Å². The number of hydrogen-bond acceptors (Lipinski definition) is 3. The van der Waals surface area contributed by atoms with Crippen molar-refractivity contribution in [2.24, 2.45) is 0 Å². The minimum absolute atomic E-state index is 0.103. The Hall–Kier alpha value is -2.86. The van der Waals surface area contributed by atoms with E-state index < -0.39 is 0 Å². The fourth-order valence-corrected chi connectivity index (χ4v) is 2.41. The van der Waals surface area contributed by atoms with E-state index in [4.69, 9.17) is 5.26 Å². The molecule has 1 aromatic heterocycles. The summed E-state index contributed by atoms with van der Waals surface area (Å²) >= 11 is 0. The Bertz CT molecular complexity index is 813. The molecule has 2 aromatic carbocycles. The van der Waals surface area contributed by atoms with Crippen molar-refractivity contribution in [3.05, 3.63) is 71.9 Å². The molecule has 0 radical (unpaired) electrons. The maximum absolute atomic E-state index is 8.99. The first-order valence-corrected chi connectivity index (χ1v) is 6.88. The van der Waals surface area contributed by atoms with Crippen LogP contribution in [0.5, 0.6) is 0 Å². The molecular weight excluding hydrogens is 258 g/mol. The van der Waals surface area contributed by atoms with Crippen molar-refractivity contribution >= 4 is 16.6 Å². The van der Waals surface area contributed by atoms with Crippen LogP contribution in [-0.4, -0.2) is 4.98 Å². The molecule has 0 fully saturated rings. The number of nitrogens with zero attached hydrogens (tertiary/aromatic N) is 2. The number of pyridine rings is 1. The van der Waals surface area contributed by atoms with Gasteiger partial charge in [-0.05, 0) is 36.8 Å². The molecule has 0 aliphatic rings. The van der Waals surface area contributed by atoms with E-state index in [-0.39, 0.29) is 6.04 Å². The minimum atomic E-state index is 0.103. The molecule has 0 spiro atoms. The van der Waals surface area contributed by atoms with Gasteiger partial charge in [0.2, 0.25) is 0 Å². The van der Waals surface area contributed by atoms with Crippen LogP contribution in [0.4, 0.5) is 5.69 Å². The second-order valence-corrected chi connectivity index (χ2v) is 4.98. The molecule has 0 aliphatic carbocycles. The van der Waals surface area contributed by atoms with Crippen LogP contribution in [0.25, 0.3) is 10.9 Å². The summed E-state index contributed by atoms with van der Waals surface area (Å²) in [5.41, 5.74) is 3.73. The van der Waals surface area contributed by atoms with Crippen LogP contribution >= 0.6 is 0 Å². The van der Waals surface area contributed by atoms with Crippen LogP contribution < -0.4 is 5.32 Å². The number of anilines is 1. The van der Waals surface area contributed by atoms with Gasteiger partial charge in [0, 0.05) is 17.6 Å². The molecule has 3 rings (SSSR count). The summed E-state index contributed by atoms with van der Waals surface area (Å²) in [6, 6.07) is 20.0. The van der Waals surface area contributed by atoms with E-state index in [9.17, 15) is 0 Å². The first-order valence-electron chi connectivity index (χ1n) is 6.88. The highest BCUT2D eigenvalue weighted by Gasteiger charge is 2.08. The number of para-hydroxylation sites is 1. The Morgan fingerprint density at radius 2 is 1.90 bits per heavy atom. The molecule has 3 heteroatoms. The third-order valence-electron chi connectivity index (χ3n) is 3.52. The maximum atomic E-state index is 8.99. The number of hydrogen-bond donors (Lipinski definition) is 1. The van der Waals surface area contributed by atoms with Crippen LogP contribution in [0, 0.1) is 11.3 Å². The van der Waals surface area contributed by atoms with E-state index in [1.165, 1.54) is 0 Å². The van der Waals surface area contributed by atoms with E-state index in [2.05, 4.69) is 35.4 Å². The summed E-state index contributed by atoms with van der Waals surface area (Å²) in [6.45, 7) is 2.08. The summed E-state index contributed by atoms with van der Waals surface area (Å²) in [7, 11) is 0. The van der Waals surface area contributed by atoms with Gasteiger partial charge in [-0.15, -0.1) is 0 Å². The van der Waals surface area contributed by atoms with Crippen molar-refractivity contribution in [2.45, 2.75) is 13.0 Å². The maximum Gasteiger partial charge on any atom is 0.0991 e. The second-order valence-electron chi connectivity index (χ2n) is 4.98. The highest BCUT2D eigenvalue weighted by molar-refractivity contribution is 5.90. The van der Waals surface area contributed by atoms with Crippen LogP contribution in [-0.2, 0) is 0 Å². The van der Waals surface area contributed by atoms with Crippen molar-refractivity contribution in [3.8, 4) is 6.07 Å². The SMILES string of the molecule is CC(Nc1cccc2cccnc12)c1cccc(C#N)c1. The zero-order valence-electron chi connectivity index (χ0n) is 11.7. The molecule has 0 bridgehead atoms. The molecule has 3 aromatic rings. The smallest absolute Gasteiger partial charge is 0.0991 e. The molecule has 1 unspecified atom stereocenters. The van der Waals surface area contributed by atoms with Gasteiger partial charge >= 0.3 is 0 Å². The molecule has 1 N–H and O–H groups in total. The topological polar surface area (TPSA) is 48.7 Å². The standard InChI is InChI=1S/C18H15N3/c1-13(16-7-2-5-14(11-16)12-19)21-17-9-3-6-15-8-4-10-20-18(15)17/h2-11,13,21H,1H3. The highest BCUT2D eigenvalue weighted by Crippen LogP contribution is 2.25. The van der Waals surface area contributed by atoms with Gasteiger partial charge in [0.15, 0.2) is 0 Å². The molecule has 3 nitrogen and oxygen atoms in total. The molecular formula is C18H15N3. The fraction of sp³-hybridized carbons (Fsp3) is 0.111. The third kappa shape index (κ3) is 2.70. The number of nitriles is 1. The van der Waals surface area contributed by atoms with Crippen LogP contribution in [0.2, 0.25) is 0 Å². The van der Waals surface area contributed by atoms with Crippen molar-refractivity contribution in [3.63, 3.8) is 0 Å². The predicted octanol–water partition coefficient (Wildman–Crippen LogP) is 4.28. The lowest BCUT2D eigenvalue weighted by molar-refractivity contribution is 0.885. The molecule has 0 saturated carbocycles. The normalized spacial score (nSPS) is 11.8. The number of aromatic nitrogens is 1. The summed E-state index contributed by atoms with van der Waals surface area (Å²) < 4.78 is 0. The van der Waals surface area contributed by atoms with E-state index in [0.717, 1.165) is 22.2 Å². The number of rotatable bonds is 3. The van der Waals surface area contributed by atoms with Crippen molar-refractivity contribution < 1.29 is 0 Å². The van der Waals surface area contributed by atoms with E-state index in [0.29, 0.717) is 5.56 Å². The van der Waals surface area contributed by atoms with Crippen LogP contribution in [0.1, 0.15) is 24.1 Å². The summed E-state index contributed by atoms with van der Waals surface area (Å²) in [4.78, 5) is 4.45. The summed E-state index contributed by atoms with van der Waals surface area (Å²) in [5.74, 6) is 0. The average molecular weight is 273 g/mol. The van der Waals surface area contributed by atoms with Gasteiger partial charge in [-0.3, -0.25) is 4.98 Å². The van der Waals surface area contributed by atoms with E-state index in [1.807, 2.05) is 42.5 Å². The first-order chi connectivity index (χ1) is 10.3. The number of fused-ring (bicyclic) bond motifs is 1. The molecule has 0 amide bonds. The van der Waals surface area contributed by atoms with E-state index in [1.54, 1.807) is 6.20 Å². The van der Waals surface area contributed by atoms with Gasteiger partial charge in [0.1, 0.15) is 0 Å². The number of nitrogens with one attached hydrogen (secondary N) is 1. The molecule has 102 valence electrons. The van der Waals surface area contributed by atoms with Gasteiger partial charge in [0.05, 0.1) is 22.8 Å². The van der Waals surface area contributed by atoms with Gasteiger partial charge in [0.25, 0.3) is 0 Å². The van der Waals surface area contributed by atoms with Gasteiger partial charge < -0.3 is 5.32 Å². The van der Waals surface area contributed by atoms with Crippen LogP contribution in [0.3, 0.4) is 0 Å². The van der Waals surface area contributed by atoms with Gasteiger partial charge in [-0.2, -0.15) is 5.26 Å². The predicted molar refractivity (Wildman–Crippen MR) is 84.9 cm³/mol. The fourth-order valence-electron chi connectivity index (χ4n) is 2.41. The molecule has 21 heavy (non-hydrogen) atoms. The Labute approximate surface area is 123 Å². The largest absolute Gasteiger partial charge is 0.377 e. The summed E-state index contributed by atoms with van der Waals surface area (Å²) in [6.07, 6.45) is 1.80. The monoisotopic (exact) mass is 273 g/mol. The van der Waals surface area contributed by atoms with Crippen molar-refractivity contribution in [1.82, 2.24) is 4.98 Å². The lowest BCUT2D eigenvalue weighted by Gasteiger charge is -2.17. The Morgan fingerprint density at radius 3 is 2.76 bits per heavy atom. The molecule has 0 saturated heterocycles. The zero-order chi connectivity index (χ0) is 14.7. The quantitative estimate of drug-likeness (QED) is 0.774. The Kier molecular flexibility index (Phi) is 3.53. The first kappa shape index (κ1) is 13.1. The highest BCUT2D eigenvalue weighted by atomic mass is 14.9. The zero-order valence-corrected chi connectivity index (χ0v) is 11.7. The van der Waals surface area contributed by atoms with Crippen molar-refractivity contribution in [2.75, 3.05) is 5.32 Å². The average Bonchev–Trinajstić information content (AvgIpc) is 2.55. The Morgan fingerprint density at radius 1 is 1.10 bits per heavy atom. The lowest BCUT2D eigenvalue weighted by atomic mass is 10.0. The number of benzene rings is 2. The Balaban J connectivity index is 1.93. The van der Waals surface area contributed by atoms with Crippen LogP contribution in [0.15, 0.2) is 60.8 Å². The molecule has 0 aliphatic heterocycles.